The standard InChI is InChI=1S/C21H16ClN3O3/c1-13-18(21(28)25(23-13)16-6-4-5-15(22)10-16)9-14-11-24(12-20(26)27)19-8-3-2-7-17(14)19/h2-11H,12H2,1H3,(H,26,27)/b18-9+. The number of hydrogen-bond donors (Lipinski definition) is 1. The molecule has 1 aliphatic heterocycles. The number of nitrogens with zero attached hydrogens (tertiary/aromatic N) is 3. The van der Waals surface area contributed by atoms with E-state index in [4.69, 9.17) is 16.7 Å². The van der Waals surface area contributed by atoms with Crippen LogP contribution in [0.3, 0.4) is 0 Å². The number of carboxylic acid groups (broad SMARTS) is 1. The number of carbonyl (C=O) groups excluding carboxylic acids is 1. The molecule has 0 radical (unpaired) electrons. The van der Waals surface area contributed by atoms with Crippen molar-refractivity contribution in [2.24, 2.45) is 5.10 Å². The van der Waals surface area contributed by atoms with Crippen LogP contribution in [0, 0.1) is 0 Å². The molecule has 28 heavy (non-hydrogen) atoms. The van der Waals surface area contributed by atoms with Crippen molar-refractivity contribution in [3.63, 3.8) is 0 Å². The third-order valence-corrected chi connectivity index (χ3v) is 4.78. The van der Waals surface area contributed by atoms with E-state index in [-0.39, 0.29) is 12.5 Å². The summed E-state index contributed by atoms with van der Waals surface area (Å²) in [5.41, 5.74) is 3.19. The summed E-state index contributed by atoms with van der Waals surface area (Å²) in [6, 6.07) is 14.4. The maximum Gasteiger partial charge on any atom is 0.323 e. The second-order valence-electron chi connectivity index (χ2n) is 6.46. The molecule has 2 heterocycles. The van der Waals surface area contributed by atoms with Crippen LogP contribution in [0.4, 0.5) is 5.69 Å². The van der Waals surface area contributed by atoms with Gasteiger partial charge < -0.3 is 9.67 Å². The first-order chi connectivity index (χ1) is 13.4. The van der Waals surface area contributed by atoms with Gasteiger partial charge in [-0.15, -0.1) is 0 Å². The summed E-state index contributed by atoms with van der Waals surface area (Å²) in [5, 5.41) is 16.2. The average molecular weight is 394 g/mol. The number of anilines is 1. The Morgan fingerprint density at radius 2 is 2.00 bits per heavy atom. The molecule has 1 N–H and O–H groups in total. The second-order valence-corrected chi connectivity index (χ2v) is 6.90. The summed E-state index contributed by atoms with van der Waals surface area (Å²) in [6.07, 6.45) is 3.50. The number of fused-ring (bicyclic) bond motifs is 1. The lowest BCUT2D eigenvalue weighted by molar-refractivity contribution is -0.137. The average Bonchev–Trinajstić information content (AvgIpc) is 3.14. The van der Waals surface area contributed by atoms with Crippen molar-refractivity contribution in [3.05, 3.63) is 70.9 Å². The van der Waals surface area contributed by atoms with Gasteiger partial charge in [0.25, 0.3) is 5.91 Å². The fourth-order valence-corrected chi connectivity index (χ4v) is 3.47. The van der Waals surface area contributed by atoms with E-state index < -0.39 is 5.97 Å². The van der Waals surface area contributed by atoms with Crippen LogP contribution in [-0.2, 0) is 16.1 Å². The number of aliphatic carboxylic acids is 1. The van der Waals surface area contributed by atoms with Gasteiger partial charge in [-0.25, -0.2) is 0 Å². The molecule has 0 aliphatic carbocycles. The van der Waals surface area contributed by atoms with E-state index in [9.17, 15) is 9.59 Å². The molecule has 0 bridgehead atoms. The highest BCUT2D eigenvalue weighted by Crippen LogP contribution is 2.29. The Morgan fingerprint density at radius 1 is 1.21 bits per heavy atom. The number of carbonyl (C=O) groups is 2. The summed E-state index contributed by atoms with van der Waals surface area (Å²) >= 11 is 6.03. The Kier molecular flexibility index (Phi) is 4.49. The van der Waals surface area contributed by atoms with Crippen LogP contribution in [0.1, 0.15) is 12.5 Å². The van der Waals surface area contributed by atoms with Crippen LogP contribution in [0.25, 0.3) is 17.0 Å². The van der Waals surface area contributed by atoms with Crippen molar-refractivity contribution in [3.8, 4) is 0 Å². The lowest BCUT2D eigenvalue weighted by atomic mass is 10.1. The lowest BCUT2D eigenvalue weighted by Gasteiger charge is -2.11. The molecule has 140 valence electrons. The van der Waals surface area contributed by atoms with Crippen molar-refractivity contribution in [2.45, 2.75) is 13.5 Å². The Morgan fingerprint density at radius 3 is 2.75 bits per heavy atom. The van der Waals surface area contributed by atoms with Crippen molar-refractivity contribution in [1.82, 2.24) is 4.57 Å². The fourth-order valence-electron chi connectivity index (χ4n) is 3.29. The minimum absolute atomic E-state index is 0.153. The van der Waals surface area contributed by atoms with Gasteiger partial charge in [-0.3, -0.25) is 9.59 Å². The van der Waals surface area contributed by atoms with Crippen LogP contribution in [0.15, 0.2) is 65.4 Å². The first-order valence-corrected chi connectivity index (χ1v) is 8.99. The smallest absolute Gasteiger partial charge is 0.323 e. The number of hydrazone groups is 1. The van der Waals surface area contributed by atoms with Gasteiger partial charge in [0.15, 0.2) is 0 Å². The number of para-hydroxylation sites is 1. The van der Waals surface area contributed by atoms with Gasteiger partial charge in [0.2, 0.25) is 0 Å². The molecule has 0 unspecified atom stereocenters. The summed E-state index contributed by atoms with van der Waals surface area (Å²) in [5.74, 6) is -1.18. The number of aromatic nitrogens is 1. The third kappa shape index (κ3) is 3.18. The first kappa shape index (κ1) is 18.0. The van der Waals surface area contributed by atoms with Crippen molar-refractivity contribution >= 4 is 51.9 Å². The maximum absolute atomic E-state index is 13.0. The molecule has 0 spiro atoms. The number of benzene rings is 2. The van der Waals surface area contributed by atoms with Gasteiger partial charge in [0, 0.05) is 27.7 Å². The van der Waals surface area contributed by atoms with Gasteiger partial charge >= 0.3 is 5.97 Å². The number of halogens is 1. The van der Waals surface area contributed by atoms with E-state index in [1.54, 1.807) is 48.0 Å². The highest BCUT2D eigenvalue weighted by molar-refractivity contribution is 6.33. The Labute approximate surface area is 165 Å². The Hall–Kier alpha value is -3.38. The lowest BCUT2D eigenvalue weighted by Crippen LogP contribution is -2.21. The van der Waals surface area contributed by atoms with Crippen LogP contribution in [0.5, 0.6) is 0 Å². The maximum atomic E-state index is 13.0. The number of hydrogen-bond acceptors (Lipinski definition) is 3. The van der Waals surface area contributed by atoms with Crippen molar-refractivity contribution in [2.75, 3.05) is 5.01 Å². The zero-order valence-corrected chi connectivity index (χ0v) is 15.7. The Balaban J connectivity index is 1.77. The van der Waals surface area contributed by atoms with Crippen molar-refractivity contribution in [1.29, 1.82) is 0 Å². The molecule has 0 atom stereocenters. The summed E-state index contributed by atoms with van der Waals surface area (Å²) < 4.78 is 1.66. The zero-order valence-electron chi connectivity index (χ0n) is 15.0. The van der Waals surface area contributed by atoms with Gasteiger partial charge in [-0.2, -0.15) is 10.1 Å². The fraction of sp³-hybridized carbons (Fsp3) is 0.0952. The SMILES string of the molecule is CC1=NN(c2cccc(Cl)c2)C(=O)/C1=C/c1cn(CC(=O)O)c2ccccc12. The molecule has 0 saturated carbocycles. The van der Waals surface area contributed by atoms with Crippen LogP contribution >= 0.6 is 11.6 Å². The molecule has 4 rings (SSSR count). The number of rotatable bonds is 4. The van der Waals surface area contributed by atoms with E-state index in [2.05, 4.69) is 5.10 Å². The summed E-state index contributed by atoms with van der Waals surface area (Å²) in [7, 11) is 0. The molecule has 1 aromatic heterocycles. The van der Waals surface area contributed by atoms with Crippen LogP contribution in [-0.4, -0.2) is 27.3 Å². The molecule has 0 fully saturated rings. The quantitative estimate of drug-likeness (QED) is 0.675. The second kappa shape index (κ2) is 6.98. The van der Waals surface area contributed by atoms with E-state index in [1.807, 2.05) is 24.3 Å². The molecular formula is C21H16ClN3O3. The predicted octanol–water partition coefficient (Wildman–Crippen LogP) is 4.19. The van der Waals surface area contributed by atoms with Crippen molar-refractivity contribution < 1.29 is 14.7 Å². The predicted molar refractivity (Wildman–Crippen MR) is 110 cm³/mol. The minimum atomic E-state index is -0.929. The molecule has 3 aromatic rings. The molecular weight excluding hydrogens is 378 g/mol. The normalized spacial score (nSPS) is 15.5. The zero-order chi connectivity index (χ0) is 19.8. The number of carboxylic acids is 1. The van der Waals surface area contributed by atoms with Gasteiger partial charge in [0.1, 0.15) is 6.54 Å². The number of amides is 1. The first-order valence-electron chi connectivity index (χ1n) is 8.61. The van der Waals surface area contributed by atoms with E-state index >= 15 is 0 Å². The van der Waals surface area contributed by atoms with E-state index in [1.165, 1.54) is 5.01 Å². The summed E-state index contributed by atoms with van der Waals surface area (Å²) in [4.78, 5) is 24.1. The topological polar surface area (TPSA) is 74.9 Å². The van der Waals surface area contributed by atoms with E-state index in [0.29, 0.717) is 22.0 Å². The van der Waals surface area contributed by atoms with Gasteiger partial charge in [-0.05, 0) is 37.3 Å². The van der Waals surface area contributed by atoms with Crippen LogP contribution in [0.2, 0.25) is 5.02 Å². The Bertz CT molecular complexity index is 1180. The molecule has 6 nitrogen and oxygen atoms in total. The molecule has 1 aliphatic rings. The third-order valence-electron chi connectivity index (χ3n) is 4.54. The largest absolute Gasteiger partial charge is 0.480 e. The summed E-state index contributed by atoms with van der Waals surface area (Å²) in [6.45, 7) is 1.62. The monoisotopic (exact) mass is 393 g/mol. The molecule has 7 heteroatoms. The van der Waals surface area contributed by atoms with Gasteiger partial charge in [0.05, 0.1) is 17.0 Å². The highest BCUT2D eigenvalue weighted by atomic mass is 35.5. The van der Waals surface area contributed by atoms with Crippen LogP contribution < -0.4 is 5.01 Å². The van der Waals surface area contributed by atoms with Gasteiger partial charge in [-0.1, -0.05) is 35.9 Å². The molecule has 0 saturated heterocycles. The highest BCUT2D eigenvalue weighted by Gasteiger charge is 2.29. The molecule has 2 aromatic carbocycles. The van der Waals surface area contributed by atoms with E-state index in [0.717, 1.165) is 16.5 Å². The minimum Gasteiger partial charge on any atom is -0.480 e. The molecule has 1 amide bonds.